The Bertz CT molecular complexity index is 280. The van der Waals surface area contributed by atoms with Crippen LogP contribution in [0.1, 0.15) is 5.56 Å². The standard InChI is InChI=1S/C11H16NO3/c1-14-10-4-3-5-11(15-2)9(10)8-12-6-7-13/h4-5,12-13H,6-8H2,1-2H3. The summed E-state index contributed by atoms with van der Waals surface area (Å²) in [5, 5.41) is 11.7. The molecule has 0 saturated heterocycles. The molecule has 2 N–H and O–H groups in total. The molecule has 0 atom stereocenters. The summed E-state index contributed by atoms with van der Waals surface area (Å²) in [7, 11) is 3.22. The Morgan fingerprint density at radius 3 is 2.33 bits per heavy atom. The maximum atomic E-state index is 8.67. The van der Waals surface area contributed by atoms with Gasteiger partial charge in [-0.05, 0) is 18.2 Å². The number of rotatable bonds is 6. The first-order chi connectivity index (χ1) is 7.33. The molecule has 0 aliphatic carbocycles. The molecule has 15 heavy (non-hydrogen) atoms. The van der Waals surface area contributed by atoms with E-state index in [2.05, 4.69) is 11.4 Å². The van der Waals surface area contributed by atoms with Crippen molar-refractivity contribution in [1.82, 2.24) is 5.32 Å². The van der Waals surface area contributed by atoms with Crippen molar-refractivity contribution in [2.75, 3.05) is 27.4 Å². The van der Waals surface area contributed by atoms with E-state index >= 15 is 0 Å². The van der Waals surface area contributed by atoms with Crippen LogP contribution in [0, 0.1) is 6.07 Å². The number of aliphatic hydroxyl groups excluding tert-OH is 1. The molecule has 0 aliphatic heterocycles. The summed E-state index contributed by atoms with van der Waals surface area (Å²) < 4.78 is 10.4. The van der Waals surface area contributed by atoms with Gasteiger partial charge in [-0.1, -0.05) is 0 Å². The van der Waals surface area contributed by atoms with Crippen LogP contribution in [-0.2, 0) is 6.54 Å². The minimum atomic E-state index is 0.115. The zero-order chi connectivity index (χ0) is 11.1. The van der Waals surface area contributed by atoms with Gasteiger partial charge in [0.25, 0.3) is 0 Å². The van der Waals surface area contributed by atoms with E-state index in [1.807, 2.05) is 0 Å². The average molecular weight is 210 g/mol. The van der Waals surface area contributed by atoms with Crippen LogP contribution in [0.5, 0.6) is 11.5 Å². The highest BCUT2D eigenvalue weighted by Crippen LogP contribution is 2.27. The first-order valence-electron chi connectivity index (χ1n) is 4.76. The smallest absolute Gasteiger partial charge is 0.127 e. The van der Waals surface area contributed by atoms with Crippen LogP contribution < -0.4 is 14.8 Å². The van der Waals surface area contributed by atoms with Crippen molar-refractivity contribution in [3.05, 3.63) is 23.8 Å². The molecule has 0 spiro atoms. The number of benzene rings is 1. The summed E-state index contributed by atoms with van der Waals surface area (Å²) in [6.07, 6.45) is 0. The molecule has 1 radical (unpaired) electrons. The fourth-order valence-electron chi connectivity index (χ4n) is 1.32. The van der Waals surface area contributed by atoms with Crippen LogP contribution in [0.4, 0.5) is 0 Å². The maximum absolute atomic E-state index is 8.67. The second kappa shape index (κ2) is 6.27. The van der Waals surface area contributed by atoms with Crippen LogP contribution in [-0.4, -0.2) is 32.5 Å². The number of aliphatic hydroxyl groups is 1. The lowest BCUT2D eigenvalue weighted by molar-refractivity contribution is 0.290. The first-order valence-corrected chi connectivity index (χ1v) is 4.76. The van der Waals surface area contributed by atoms with Crippen molar-refractivity contribution in [2.45, 2.75) is 6.54 Å². The molecule has 0 aromatic heterocycles. The van der Waals surface area contributed by atoms with E-state index in [0.717, 1.165) is 17.1 Å². The Balaban J connectivity index is 2.80. The van der Waals surface area contributed by atoms with Gasteiger partial charge < -0.3 is 19.9 Å². The third kappa shape index (κ3) is 3.11. The summed E-state index contributed by atoms with van der Waals surface area (Å²) in [6.45, 7) is 1.26. The van der Waals surface area contributed by atoms with E-state index in [-0.39, 0.29) is 6.61 Å². The molecule has 0 unspecified atom stereocenters. The minimum absolute atomic E-state index is 0.115. The molecule has 0 bridgehead atoms. The summed E-state index contributed by atoms with van der Waals surface area (Å²) >= 11 is 0. The summed E-state index contributed by atoms with van der Waals surface area (Å²) in [4.78, 5) is 0. The van der Waals surface area contributed by atoms with Crippen molar-refractivity contribution < 1.29 is 14.6 Å². The monoisotopic (exact) mass is 210 g/mol. The lowest BCUT2D eigenvalue weighted by atomic mass is 10.1. The Morgan fingerprint density at radius 2 is 1.87 bits per heavy atom. The van der Waals surface area contributed by atoms with Gasteiger partial charge in [0.05, 0.1) is 20.8 Å². The molecule has 1 aromatic carbocycles. The van der Waals surface area contributed by atoms with Gasteiger partial charge in [-0.15, -0.1) is 0 Å². The summed E-state index contributed by atoms with van der Waals surface area (Å²) in [5.41, 5.74) is 0.937. The molecule has 4 heteroatoms. The molecule has 0 saturated carbocycles. The third-order valence-electron chi connectivity index (χ3n) is 2.05. The summed E-state index contributed by atoms with van der Waals surface area (Å²) in [5.74, 6) is 1.47. The molecular weight excluding hydrogens is 194 g/mol. The highest BCUT2D eigenvalue weighted by atomic mass is 16.5. The second-order valence-electron chi connectivity index (χ2n) is 2.97. The average Bonchev–Trinajstić information content (AvgIpc) is 2.29. The Labute approximate surface area is 89.8 Å². The lowest BCUT2D eigenvalue weighted by Crippen LogP contribution is -2.18. The fraction of sp³-hybridized carbons (Fsp3) is 0.455. The zero-order valence-corrected chi connectivity index (χ0v) is 9.04. The van der Waals surface area contributed by atoms with Crippen LogP contribution >= 0.6 is 0 Å². The topological polar surface area (TPSA) is 50.7 Å². The normalized spacial score (nSPS) is 10.1. The van der Waals surface area contributed by atoms with Gasteiger partial charge in [0.2, 0.25) is 0 Å². The van der Waals surface area contributed by atoms with Crippen LogP contribution in [0.25, 0.3) is 0 Å². The van der Waals surface area contributed by atoms with E-state index in [9.17, 15) is 0 Å². The van der Waals surface area contributed by atoms with Gasteiger partial charge in [0.15, 0.2) is 0 Å². The predicted octanol–water partition coefficient (Wildman–Crippen LogP) is 0.586. The summed E-state index contributed by atoms with van der Waals surface area (Å²) in [6, 6.07) is 6.46. The molecule has 1 rings (SSSR count). The number of nitrogens with one attached hydrogen (secondary N) is 1. The van der Waals surface area contributed by atoms with Crippen molar-refractivity contribution in [1.29, 1.82) is 0 Å². The highest BCUT2D eigenvalue weighted by molar-refractivity contribution is 5.44. The predicted molar refractivity (Wildman–Crippen MR) is 57.2 cm³/mol. The second-order valence-corrected chi connectivity index (χ2v) is 2.97. The van der Waals surface area contributed by atoms with Crippen LogP contribution in [0.15, 0.2) is 12.1 Å². The Kier molecular flexibility index (Phi) is 4.93. The van der Waals surface area contributed by atoms with Crippen LogP contribution in [0.2, 0.25) is 0 Å². The number of ether oxygens (including phenoxy) is 2. The van der Waals surface area contributed by atoms with Crippen molar-refractivity contribution in [3.8, 4) is 11.5 Å². The van der Waals surface area contributed by atoms with Gasteiger partial charge in [-0.2, -0.15) is 0 Å². The Hall–Kier alpha value is -1.26. The van der Waals surface area contributed by atoms with Gasteiger partial charge in [-0.3, -0.25) is 0 Å². The highest BCUT2D eigenvalue weighted by Gasteiger charge is 2.08. The van der Waals surface area contributed by atoms with E-state index in [1.54, 1.807) is 26.4 Å². The molecule has 0 aliphatic rings. The van der Waals surface area contributed by atoms with Crippen molar-refractivity contribution >= 4 is 0 Å². The Morgan fingerprint density at radius 1 is 1.27 bits per heavy atom. The molecule has 0 heterocycles. The number of hydrogen-bond acceptors (Lipinski definition) is 4. The van der Waals surface area contributed by atoms with E-state index in [0.29, 0.717) is 13.1 Å². The maximum Gasteiger partial charge on any atom is 0.127 e. The molecule has 0 fully saturated rings. The molecular formula is C11H16NO3. The molecule has 0 amide bonds. The van der Waals surface area contributed by atoms with Gasteiger partial charge >= 0.3 is 0 Å². The largest absolute Gasteiger partial charge is 0.496 e. The lowest BCUT2D eigenvalue weighted by Gasteiger charge is -2.12. The SMILES string of the molecule is COc1c[c]cc(OC)c1CNCCO. The van der Waals surface area contributed by atoms with Crippen molar-refractivity contribution in [2.24, 2.45) is 0 Å². The van der Waals surface area contributed by atoms with Crippen molar-refractivity contribution in [3.63, 3.8) is 0 Å². The molecule has 4 nitrogen and oxygen atoms in total. The fourth-order valence-corrected chi connectivity index (χ4v) is 1.32. The van der Waals surface area contributed by atoms with E-state index in [4.69, 9.17) is 14.6 Å². The van der Waals surface area contributed by atoms with Gasteiger partial charge in [-0.25, -0.2) is 0 Å². The van der Waals surface area contributed by atoms with E-state index < -0.39 is 0 Å². The van der Waals surface area contributed by atoms with E-state index in [1.165, 1.54) is 0 Å². The molecule has 83 valence electrons. The number of methoxy groups -OCH3 is 2. The third-order valence-corrected chi connectivity index (χ3v) is 2.05. The number of hydrogen-bond donors (Lipinski definition) is 2. The quantitative estimate of drug-likeness (QED) is 0.675. The molecule has 1 aromatic rings. The first kappa shape index (κ1) is 11.8. The van der Waals surface area contributed by atoms with Crippen LogP contribution in [0.3, 0.4) is 0 Å². The zero-order valence-electron chi connectivity index (χ0n) is 9.04. The van der Waals surface area contributed by atoms with Gasteiger partial charge in [0.1, 0.15) is 11.5 Å². The van der Waals surface area contributed by atoms with Gasteiger partial charge in [0, 0.05) is 18.7 Å². The minimum Gasteiger partial charge on any atom is -0.496 e.